The Morgan fingerprint density at radius 1 is 1.15 bits per heavy atom. The molecule has 1 aliphatic carbocycles. The lowest BCUT2D eigenvalue weighted by Gasteiger charge is -2.35. The standard InChI is InChI=1S/C21H25N3O2/c25-20(23-13-15-8-9-15)12-19-21(26)22-10-11-24(19)14-17-6-3-5-16-4-1-2-7-18(16)17/h1-7,15,19H,8-14H2,(H,22,26)(H,23,25)/t19-/m0/s1. The van der Waals surface area contributed by atoms with Crippen molar-refractivity contribution >= 4 is 22.6 Å². The van der Waals surface area contributed by atoms with Crippen LogP contribution in [0, 0.1) is 5.92 Å². The third kappa shape index (κ3) is 3.88. The summed E-state index contributed by atoms with van der Waals surface area (Å²) in [5.74, 6) is 0.575. The molecule has 2 N–H and O–H groups in total. The lowest BCUT2D eigenvalue weighted by molar-refractivity contribution is -0.134. The van der Waals surface area contributed by atoms with Crippen molar-refractivity contribution in [3.05, 3.63) is 48.0 Å². The molecule has 5 heteroatoms. The molecule has 26 heavy (non-hydrogen) atoms. The highest BCUT2D eigenvalue weighted by atomic mass is 16.2. The van der Waals surface area contributed by atoms with Crippen LogP contribution in [0.15, 0.2) is 42.5 Å². The number of amides is 2. The second-order valence-corrected chi connectivity index (χ2v) is 7.37. The Hall–Kier alpha value is -2.40. The number of hydrogen-bond donors (Lipinski definition) is 2. The van der Waals surface area contributed by atoms with E-state index in [1.165, 1.54) is 29.2 Å². The summed E-state index contributed by atoms with van der Waals surface area (Å²) in [6, 6.07) is 14.2. The predicted octanol–water partition coefficient (Wildman–Crippen LogP) is 2.06. The van der Waals surface area contributed by atoms with Gasteiger partial charge in [-0.1, -0.05) is 42.5 Å². The van der Waals surface area contributed by atoms with E-state index < -0.39 is 6.04 Å². The van der Waals surface area contributed by atoms with Crippen LogP contribution in [0.25, 0.3) is 10.8 Å². The Bertz CT molecular complexity index is 811. The molecule has 0 unspecified atom stereocenters. The minimum Gasteiger partial charge on any atom is -0.356 e. The number of rotatable bonds is 6. The summed E-state index contributed by atoms with van der Waals surface area (Å²) in [7, 11) is 0. The predicted molar refractivity (Wildman–Crippen MR) is 102 cm³/mol. The molecular formula is C21H25N3O2. The molecule has 1 aliphatic heterocycles. The SMILES string of the molecule is O=C(C[C@H]1C(=O)NCCN1Cc1cccc2ccccc12)NCC1CC1. The van der Waals surface area contributed by atoms with Gasteiger partial charge in [-0.15, -0.1) is 0 Å². The van der Waals surface area contributed by atoms with Crippen LogP contribution in [-0.2, 0) is 16.1 Å². The van der Waals surface area contributed by atoms with Crippen LogP contribution >= 0.6 is 0 Å². The first-order valence-corrected chi connectivity index (χ1v) is 9.46. The molecule has 0 spiro atoms. The van der Waals surface area contributed by atoms with Gasteiger partial charge in [-0.3, -0.25) is 14.5 Å². The van der Waals surface area contributed by atoms with Crippen molar-refractivity contribution in [2.24, 2.45) is 5.92 Å². The number of carbonyl (C=O) groups is 2. The Morgan fingerprint density at radius 3 is 2.81 bits per heavy atom. The van der Waals surface area contributed by atoms with Gasteiger partial charge in [0.25, 0.3) is 0 Å². The fraction of sp³-hybridized carbons (Fsp3) is 0.429. The maximum atomic E-state index is 12.4. The molecule has 2 fully saturated rings. The lowest BCUT2D eigenvalue weighted by Crippen LogP contribution is -2.56. The molecule has 2 aliphatic rings. The second-order valence-electron chi connectivity index (χ2n) is 7.37. The largest absolute Gasteiger partial charge is 0.356 e. The Labute approximate surface area is 153 Å². The molecule has 0 radical (unpaired) electrons. The van der Waals surface area contributed by atoms with E-state index in [4.69, 9.17) is 0 Å². The molecule has 4 rings (SSSR count). The Morgan fingerprint density at radius 2 is 1.96 bits per heavy atom. The summed E-state index contributed by atoms with van der Waals surface area (Å²) in [5.41, 5.74) is 1.20. The maximum absolute atomic E-state index is 12.4. The van der Waals surface area contributed by atoms with E-state index in [-0.39, 0.29) is 18.2 Å². The zero-order valence-corrected chi connectivity index (χ0v) is 14.9. The summed E-state index contributed by atoms with van der Waals surface area (Å²) in [5, 5.41) is 8.29. The number of piperazine rings is 1. The molecule has 1 saturated heterocycles. The maximum Gasteiger partial charge on any atom is 0.237 e. The van der Waals surface area contributed by atoms with Crippen molar-refractivity contribution in [1.29, 1.82) is 0 Å². The van der Waals surface area contributed by atoms with Crippen LogP contribution in [0.5, 0.6) is 0 Å². The van der Waals surface area contributed by atoms with Crippen molar-refractivity contribution in [3.8, 4) is 0 Å². The van der Waals surface area contributed by atoms with Gasteiger partial charge < -0.3 is 10.6 Å². The van der Waals surface area contributed by atoms with Gasteiger partial charge in [0.1, 0.15) is 0 Å². The van der Waals surface area contributed by atoms with Gasteiger partial charge in [0.2, 0.25) is 11.8 Å². The Balaban J connectivity index is 1.48. The van der Waals surface area contributed by atoms with E-state index >= 15 is 0 Å². The van der Waals surface area contributed by atoms with E-state index in [9.17, 15) is 9.59 Å². The van der Waals surface area contributed by atoms with Crippen molar-refractivity contribution in [3.63, 3.8) is 0 Å². The van der Waals surface area contributed by atoms with Gasteiger partial charge in [-0.25, -0.2) is 0 Å². The molecule has 136 valence electrons. The molecule has 5 nitrogen and oxygen atoms in total. The van der Waals surface area contributed by atoms with Gasteiger partial charge in [0.15, 0.2) is 0 Å². The highest BCUT2D eigenvalue weighted by molar-refractivity contribution is 5.89. The summed E-state index contributed by atoms with van der Waals surface area (Å²) in [4.78, 5) is 26.8. The third-order valence-corrected chi connectivity index (χ3v) is 5.36. The van der Waals surface area contributed by atoms with Gasteiger partial charge in [0, 0.05) is 26.2 Å². The molecule has 2 aromatic rings. The third-order valence-electron chi connectivity index (χ3n) is 5.36. The number of carbonyl (C=O) groups excluding carboxylic acids is 2. The van der Waals surface area contributed by atoms with Crippen LogP contribution in [0.2, 0.25) is 0 Å². The number of fused-ring (bicyclic) bond motifs is 1. The molecule has 1 saturated carbocycles. The number of hydrogen-bond acceptors (Lipinski definition) is 3. The first-order valence-electron chi connectivity index (χ1n) is 9.46. The van der Waals surface area contributed by atoms with Crippen LogP contribution in [0.4, 0.5) is 0 Å². The molecule has 2 aromatic carbocycles. The van der Waals surface area contributed by atoms with Gasteiger partial charge >= 0.3 is 0 Å². The van der Waals surface area contributed by atoms with Gasteiger partial charge in [-0.2, -0.15) is 0 Å². The van der Waals surface area contributed by atoms with E-state index in [1.54, 1.807) is 0 Å². The zero-order valence-electron chi connectivity index (χ0n) is 14.9. The highest BCUT2D eigenvalue weighted by Crippen LogP contribution is 2.27. The molecule has 2 amide bonds. The fourth-order valence-corrected chi connectivity index (χ4v) is 3.65. The average molecular weight is 351 g/mol. The summed E-state index contributed by atoms with van der Waals surface area (Å²) in [6.45, 7) is 2.81. The number of nitrogens with zero attached hydrogens (tertiary/aromatic N) is 1. The van der Waals surface area contributed by atoms with Crippen LogP contribution in [-0.4, -0.2) is 42.4 Å². The molecule has 1 heterocycles. The van der Waals surface area contributed by atoms with Crippen LogP contribution in [0.1, 0.15) is 24.8 Å². The first-order chi connectivity index (χ1) is 12.7. The number of benzene rings is 2. The van der Waals surface area contributed by atoms with E-state index in [1.807, 2.05) is 12.1 Å². The Kier molecular flexibility index (Phi) is 4.89. The van der Waals surface area contributed by atoms with Crippen molar-refractivity contribution < 1.29 is 9.59 Å². The topological polar surface area (TPSA) is 61.4 Å². The second kappa shape index (κ2) is 7.46. The van der Waals surface area contributed by atoms with Crippen LogP contribution in [0.3, 0.4) is 0 Å². The zero-order chi connectivity index (χ0) is 17.9. The van der Waals surface area contributed by atoms with Gasteiger partial charge in [-0.05, 0) is 35.1 Å². The number of nitrogens with one attached hydrogen (secondary N) is 2. The minimum atomic E-state index is -0.401. The minimum absolute atomic E-state index is 0.0260. The normalized spacial score (nSPS) is 20.8. The monoisotopic (exact) mass is 351 g/mol. The van der Waals surface area contributed by atoms with Crippen molar-refractivity contribution in [2.45, 2.75) is 31.8 Å². The fourth-order valence-electron chi connectivity index (χ4n) is 3.65. The quantitative estimate of drug-likeness (QED) is 0.837. The summed E-state index contributed by atoms with van der Waals surface area (Å²) in [6.07, 6.45) is 2.64. The van der Waals surface area contributed by atoms with E-state index in [0.717, 1.165) is 13.1 Å². The summed E-state index contributed by atoms with van der Waals surface area (Å²) >= 11 is 0. The molecule has 0 aromatic heterocycles. The van der Waals surface area contributed by atoms with E-state index in [2.05, 4.69) is 45.9 Å². The smallest absolute Gasteiger partial charge is 0.237 e. The van der Waals surface area contributed by atoms with Crippen LogP contribution < -0.4 is 10.6 Å². The molecule has 0 bridgehead atoms. The van der Waals surface area contributed by atoms with Crippen molar-refractivity contribution in [2.75, 3.05) is 19.6 Å². The van der Waals surface area contributed by atoms with E-state index in [0.29, 0.717) is 19.0 Å². The van der Waals surface area contributed by atoms with Gasteiger partial charge in [0.05, 0.1) is 12.5 Å². The summed E-state index contributed by atoms with van der Waals surface area (Å²) < 4.78 is 0. The average Bonchev–Trinajstić information content (AvgIpc) is 3.48. The lowest BCUT2D eigenvalue weighted by atomic mass is 10.0. The van der Waals surface area contributed by atoms with Crippen molar-refractivity contribution in [1.82, 2.24) is 15.5 Å². The molecule has 1 atom stereocenters. The highest BCUT2D eigenvalue weighted by Gasteiger charge is 2.32. The first kappa shape index (κ1) is 17.0. The molecular weight excluding hydrogens is 326 g/mol.